The van der Waals surface area contributed by atoms with Crippen molar-refractivity contribution in [2.45, 2.75) is 6.42 Å². The third-order valence-corrected chi connectivity index (χ3v) is 4.82. The van der Waals surface area contributed by atoms with Gasteiger partial charge in [-0.3, -0.25) is 20.4 Å². The first-order valence-corrected chi connectivity index (χ1v) is 9.29. The molecular weight excluding hydrogens is 384 g/mol. The molecule has 7 heteroatoms. The summed E-state index contributed by atoms with van der Waals surface area (Å²) in [5.41, 5.74) is 6.62. The lowest BCUT2D eigenvalue weighted by Gasteiger charge is -2.10. The highest BCUT2D eigenvalue weighted by molar-refractivity contribution is 6.08. The minimum atomic E-state index is -0.483. The Kier molecular flexibility index (Phi) is 5.26. The Bertz CT molecular complexity index is 1220. The molecule has 3 aromatic carbocycles. The quantitative estimate of drug-likeness (QED) is 0.496. The standard InChI is InChI=1S/C23H20N2O5/c1-28-17-9-15(10-18(12-17)29-2)23(27)25-24-21(26)11-16-13-30-20-8-7-14-5-3-4-6-19(14)22(16)20/h3-10,12-13H,11H2,1-2H3,(H,24,26)(H,25,27). The van der Waals surface area contributed by atoms with E-state index >= 15 is 0 Å². The molecule has 1 aromatic heterocycles. The van der Waals surface area contributed by atoms with Crippen LogP contribution in [0.25, 0.3) is 21.7 Å². The van der Waals surface area contributed by atoms with E-state index in [4.69, 9.17) is 13.9 Å². The van der Waals surface area contributed by atoms with E-state index in [0.717, 1.165) is 21.7 Å². The second-order valence-corrected chi connectivity index (χ2v) is 6.70. The summed E-state index contributed by atoms with van der Waals surface area (Å²) in [5.74, 6) is 0.0991. The molecule has 152 valence electrons. The number of hydrogen-bond acceptors (Lipinski definition) is 5. The predicted molar refractivity (Wildman–Crippen MR) is 113 cm³/mol. The van der Waals surface area contributed by atoms with E-state index in [9.17, 15) is 9.59 Å². The summed E-state index contributed by atoms with van der Waals surface area (Å²) in [4.78, 5) is 24.9. The number of benzene rings is 3. The van der Waals surface area contributed by atoms with Gasteiger partial charge in [-0.15, -0.1) is 0 Å². The number of furan rings is 1. The van der Waals surface area contributed by atoms with Gasteiger partial charge in [-0.25, -0.2) is 0 Å². The maximum Gasteiger partial charge on any atom is 0.269 e. The summed E-state index contributed by atoms with van der Waals surface area (Å²) in [6.45, 7) is 0. The average molecular weight is 404 g/mol. The first-order valence-electron chi connectivity index (χ1n) is 9.29. The van der Waals surface area contributed by atoms with Crippen LogP contribution >= 0.6 is 0 Å². The second-order valence-electron chi connectivity index (χ2n) is 6.70. The predicted octanol–water partition coefficient (Wildman–Crippen LogP) is 3.61. The smallest absolute Gasteiger partial charge is 0.269 e. The number of fused-ring (bicyclic) bond motifs is 3. The van der Waals surface area contributed by atoms with Crippen LogP contribution in [0, 0.1) is 0 Å². The molecule has 0 fully saturated rings. The Morgan fingerprint density at radius 3 is 2.40 bits per heavy atom. The number of carbonyl (C=O) groups is 2. The molecule has 0 saturated heterocycles. The average Bonchev–Trinajstić information content (AvgIpc) is 3.20. The molecule has 4 rings (SSSR count). The molecule has 7 nitrogen and oxygen atoms in total. The van der Waals surface area contributed by atoms with Crippen molar-refractivity contribution in [1.82, 2.24) is 10.9 Å². The van der Waals surface area contributed by atoms with Gasteiger partial charge < -0.3 is 13.9 Å². The van der Waals surface area contributed by atoms with Gasteiger partial charge in [-0.1, -0.05) is 30.3 Å². The number of amides is 2. The minimum Gasteiger partial charge on any atom is -0.497 e. The number of methoxy groups -OCH3 is 2. The molecule has 0 unspecified atom stereocenters. The second kappa shape index (κ2) is 8.16. The monoisotopic (exact) mass is 404 g/mol. The Morgan fingerprint density at radius 2 is 1.67 bits per heavy atom. The van der Waals surface area contributed by atoms with Gasteiger partial charge in [-0.2, -0.15) is 0 Å². The van der Waals surface area contributed by atoms with Crippen molar-refractivity contribution in [3.8, 4) is 11.5 Å². The topological polar surface area (TPSA) is 89.8 Å². The Hall–Kier alpha value is -4.00. The molecule has 2 N–H and O–H groups in total. The summed E-state index contributed by atoms with van der Waals surface area (Å²) in [6.07, 6.45) is 1.63. The number of carbonyl (C=O) groups excluding carboxylic acids is 2. The van der Waals surface area contributed by atoms with Gasteiger partial charge in [0.05, 0.1) is 26.9 Å². The number of nitrogens with one attached hydrogen (secondary N) is 2. The van der Waals surface area contributed by atoms with E-state index in [0.29, 0.717) is 22.6 Å². The summed E-state index contributed by atoms with van der Waals surface area (Å²) in [6, 6.07) is 16.5. The highest BCUT2D eigenvalue weighted by Gasteiger charge is 2.15. The zero-order valence-corrected chi connectivity index (χ0v) is 16.5. The first-order chi connectivity index (χ1) is 14.6. The van der Waals surface area contributed by atoms with Gasteiger partial charge >= 0.3 is 0 Å². The van der Waals surface area contributed by atoms with E-state index in [1.807, 2.05) is 36.4 Å². The van der Waals surface area contributed by atoms with Crippen LogP contribution in [0.2, 0.25) is 0 Å². The lowest BCUT2D eigenvalue weighted by Crippen LogP contribution is -2.42. The van der Waals surface area contributed by atoms with Crippen LogP contribution in [-0.2, 0) is 11.2 Å². The van der Waals surface area contributed by atoms with Gasteiger partial charge in [0.1, 0.15) is 17.1 Å². The normalized spacial score (nSPS) is 10.7. The Balaban J connectivity index is 1.48. The molecule has 0 aliphatic heterocycles. The first kappa shape index (κ1) is 19.3. The van der Waals surface area contributed by atoms with Gasteiger partial charge in [0.15, 0.2) is 0 Å². The maximum atomic E-state index is 12.5. The van der Waals surface area contributed by atoms with Crippen LogP contribution < -0.4 is 20.3 Å². The molecule has 0 aliphatic carbocycles. The molecule has 0 aliphatic rings. The van der Waals surface area contributed by atoms with Crippen molar-refractivity contribution in [3.05, 3.63) is 72.0 Å². The highest BCUT2D eigenvalue weighted by Crippen LogP contribution is 2.30. The maximum absolute atomic E-state index is 12.5. The fraction of sp³-hybridized carbons (Fsp3) is 0.130. The Morgan fingerprint density at radius 1 is 0.933 bits per heavy atom. The van der Waals surface area contributed by atoms with Crippen molar-refractivity contribution >= 4 is 33.6 Å². The highest BCUT2D eigenvalue weighted by atomic mass is 16.5. The molecule has 1 heterocycles. The molecule has 0 spiro atoms. The number of ether oxygens (including phenoxy) is 2. The third kappa shape index (κ3) is 3.77. The van der Waals surface area contributed by atoms with Crippen LogP contribution in [0.5, 0.6) is 11.5 Å². The SMILES string of the molecule is COc1cc(OC)cc(C(=O)NNC(=O)Cc2coc3ccc4ccccc4c23)c1. The molecule has 4 aromatic rings. The molecule has 2 amide bonds. The summed E-state index contributed by atoms with van der Waals surface area (Å²) in [5, 5.41) is 2.97. The molecule has 0 bridgehead atoms. The van der Waals surface area contributed by atoms with Crippen molar-refractivity contribution in [2.75, 3.05) is 14.2 Å². The lowest BCUT2D eigenvalue weighted by atomic mass is 10.0. The number of rotatable bonds is 5. The van der Waals surface area contributed by atoms with Crippen LogP contribution in [-0.4, -0.2) is 26.0 Å². The fourth-order valence-corrected chi connectivity index (χ4v) is 3.36. The van der Waals surface area contributed by atoms with Gasteiger partial charge in [-0.05, 0) is 29.0 Å². The van der Waals surface area contributed by atoms with Crippen LogP contribution in [0.3, 0.4) is 0 Å². The van der Waals surface area contributed by atoms with E-state index in [1.165, 1.54) is 14.2 Å². The van der Waals surface area contributed by atoms with E-state index in [2.05, 4.69) is 10.9 Å². The third-order valence-electron chi connectivity index (χ3n) is 4.82. The van der Waals surface area contributed by atoms with Crippen LogP contribution in [0.1, 0.15) is 15.9 Å². The summed E-state index contributed by atoms with van der Waals surface area (Å²) in [7, 11) is 2.99. The van der Waals surface area contributed by atoms with E-state index in [-0.39, 0.29) is 12.3 Å². The van der Waals surface area contributed by atoms with Crippen molar-refractivity contribution in [2.24, 2.45) is 0 Å². The Labute approximate surface area is 172 Å². The molecule has 0 saturated carbocycles. The zero-order valence-electron chi connectivity index (χ0n) is 16.5. The molecule has 0 radical (unpaired) electrons. The minimum absolute atomic E-state index is 0.0583. The zero-order chi connectivity index (χ0) is 21.1. The number of hydrazine groups is 1. The summed E-state index contributed by atoms with van der Waals surface area (Å²) >= 11 is 0. The van der Waals surface area contributed by atoms with E-state index < -0.39 is 5.91 Å². The molecule has 30 heavy (non-hydrogen) atoms. The van der Waals surface area contributed by atoms with Crippen molar-refractivity contribution in [3.63, 3.8) is 0 Å². The van der Waals surface area contributed by atoms with E-state index in [1.54, 1.807) is 24.5 Å². The summed E-state index contributed by atoms with van der Waals surface area (Å²) < 4.78 is 15.9. The largest absolute Gasteiger partial charge is 0.497 e. The van der Waals surface area contributed by atoms with Crippen LogP contribution in [0.4, 0.5) is 0 Å². The van der Waals surface area contributed by atoms with Gasteiger partial charge in [0, 0.05) is 22.6 Å². The molecular formula is C23H20N2O5. The fourth-order valence-electron chi connectivity index (χ4n) is 3.36. The molecule has 0 atom stereocenters. The van der Waals surface area contributed by atoms with Crippen LogP contribution in [0.15, 0.2) is 65.3 Å². The lowest BCUT2D eigenvalue weighted by molar-refractivity contribution is -0.121. The van der Waals surface area contributed by atoms with Crippen molar-refractivity contribution in [1.29, 1.82) is 0 Å². The van der Waals surface area contributed by atoms with Gasteiger partial charge in [0.2, 0.25) is 5.91 Å². The van der Waals surface area contributed by atoms with Gasteiger partial charge in [0.25, 0.3) is 5.91 Å². The number of hydrogen-bond donors (Lipinski definition) is 2. The van der Waals surface area contributed by atoms with Crippen molar-refractivity contribution < 1.29 is 23.5 Å².